The van der Waals surface area contributed by atoms with Gasteiger partial charge in [0, 0.05) is 14.0 Å². The smallest absolute Gasteiger partial charge is 0.203 e. The molecule has 1 aliphatic rings. The first-order valence-electron chi connectivity index (χ1n) is 4.74. The van der Waals surface area contributed by atoms with E-state index in [4.69, 9.17) is 4.74 Å². The summed E-state index contributed by atoms with van der Waals surface area (Å²) < 4.78 is 5.20. The second kappa shape index (κ2) is 4.51. The van der Waals surface area contributed by atoms with E-state index < -0.39 is 0 Å². The Morgan fingerprint density at radius 2 is 1.85 bits per heavy atom. The van der Waals surface area contributed by atoms with Gasteiger partial charge in [-0.25, -0.2) is 0 Å². The van der Waals surface area contributed by atoms with E-state index in [9.17, 15) is 9.59 Å². The molecule has 0 aliphatic heterocycles. The third-order valence-corrected chi connectivity index (χ3v) is 2.69. The second-order valence-electron chi connectivity index (χ2n) is 3.59. The maximum absolute atomic E-state index is 11.4. The average Bonchev–Trinajstić information content (AvgIpc) is 2.16. The van der Waals surface area contributed by atoms with Gasteiger partial charge in [-0.1, -0.05) is 12.8 Å². The van der Waals surface area contributed by atoms with Crippen molar-refractivity contribution in [2.24, 2.45) is 5.92 Å². The molecule has 0 saturated heterocycles. The summed E-state index contributed by atoms with van der Waals surface area (Å²) in [5.41, 5.74) is 0. The van der Waals surface area contributed by atoms with Gasteiger partial charge in [0.05, 0.1) is 12.0 Å². The van der Waals surface area contributed by atoms with Crippen molar-refractivity contribution in [2.75, 3.05) is 7.11 Å². The minimum Gasteiger partial charge on any atom is -0.381 e. The number of rotatable bonds is 3. The first-order valence-corrected chi connectivity index (χ1v) is 4.74. The van der Waals surface area contributed by atoms with E-state index in [2.05, 4.69) is 0 Å². The minimum atomic E-state index is -0.339. The van der Waals surface area contributed by atoms with Gasteiger partial charge < -0.3 is 4.74 Å². The molecule has 74 valence electrons. The molecular weight excluding hydrogens is 168 g/mol. The van der Waals surface area contributed by atoms with Gasteiger partial charge in [0.15, 0.2) is 5.78 Å². The highest BCUT2D eigenvalue weighted by Gasteiger charge is 2.32. The maximum atomic E-state index is 11.4. The number of ketones is 2. The summed E-state index contributed by atoms with van der Waals surface area (Å²) in [5.74, 6) is -0.781. The van der Waals surface area contributed by atoms with Gasteiger partial charge in [0.2, 0.25) is 5.78 Å². The molecule has 0 aromatic carbocycles. The summed E-state index contributed by atoms with van der Waals surface area (Å²) in [5, 5.41) is 0. The molecule has 1 fully saturated rings. The van der Waals surface area contributed by atoms with Crippen LogP contribution in [-0.4, -0.2) is 24.8 Å². The van der Waals surface area contributed by atoms with Crippen LogP contribution in [0.4, 0.5) is 0 Å². The molecule has 13 heavy (non-hydrogen) atoms. The number of hydrogen-bond donors (Lipinski definition) is 0. The van der Waals surface area contributed by atoms with Gasteiger partial charge in [-0.2, -0.15) is 0 Å². The zero-order chi connectivity index (χ0) is 9.84. The summed E-state index contributed by atoms with van der Waals surface area (Å²) in [6, 6.07) is 0. The Kier molecular flexibility index (Phi) is 3.60. The molecule has 3 heteroatoms. The van der Waals surface area contributed by atoms with Crippen LogP contribution in [0.25, 0.3) is 0 Å². The zero-order valence-electron chi connectivity index (χ0n) is 8.21. The number of carbonyl (C=O) groups excluding carboxylic acids is 2. The molecule has 0 aromatic heterocycles. The Labute approximate surface area is 78.5 Å². The van der Waals surface area contributed by atoms with Crippen molar-refractivity contribution in [3.8, 4) is 0 Å². The molecular formula is C10H16O3. The lowest BCUT2D eigenvalue weighted by atomic mass is 9.82. The Morgan fingerprint density at radius 3 is 2.38 bits per heavy atom. The monoisotopic (exact) mass is 184 g/mol. The Hall–Kier alpha value is -0.700. The lowest BCUT2D eigenvalue weighted by Crippen LogP contribution is -2.35. The highest BCUT2D eigenvalue weighted by Crippen LogP contribution is 2.27. The molecule has 1 saturated carbocycles. The van der Waals surface area contributed by atoms with Gasteiger partial charge in [-0.15, -0.1) is 0 Å². The Balaban J connectivity index is 2.64. The average molecular weight is 184 g/mol. The van der Waals surface area contributed by atoms with Gasteiger partial charge >= 0.3 is 0 Å². The second-order valence-corrected chi connectivity index (χ2v) is 3.59. The molecule has 1 rings (SSSR count). The van der Waals surface area contributed by atoms with E-state index in [0.29, 0.717) is 0 Å². The fraction of sp³-hybridized carbons (Fsp3) is 0.800. The first-order chi connectivity index (χ1) is 6.16. The molecule has 0 aromatic rings. The third kappa shape index (κ3) is 2.37. The largest absolute Gasteiger partial charge is 0.381 e. The molecule has 1 aliphatic carbocycles. The van der Waals surface area contributed by atoms with Crippen LogP contribution in [0.2, 0.25) is 0 Å². The van der Waals surface area contributed by atoms with Crippen molar-refractivity contribution in [2.45, 2.75) is 38.7 Å². The summed E-state index contributed by atoms with van der Waals surface area (Å²) in [6.45, 7) is 1.34. The molecule has 0 N–H and O–H groups in total. The van der Waals surface area contributed by atoms with Crippen LogP contribution in [-0.2, 0) is 14.3 Å². The van der Waals surface area contributed by atoms with Gasteiger partial charge in [0.25, 0.3) is 0 Å². The molecule has 0 amide bonds. The summed E-state index contributed by atoms with van der Waals surface area (Å²) in [6.07, 6.45) is 3.80. The molecule has 0 radical (unpaired) electrons. The highest BCUT2D eigenvalue weighted by atomic mass is 16.5. The number of hydrogen-bond acceptors (Lipinski definition) is 3. The summed E-state index contributed by atoms with van der Waals surface area (Å²) >= 11 is 0. The van der Waals surface area contributed by atoms with Crippen molar-refractivity contribution in [1.82, 2.24) is 0 Å². The predicted molar refractivity (Wildman–Crippen MR) is 48.4 cm³/mol. The SMILES string of the molecule is CO[C@H]1CCCC[C@@H]1C(=O)C(C)=O. The van der Waals surface area contributed by atoms with Crippen molar-refractivity contribution in [1.29, 1.82) is 0 Å². The van der Waals surface area contributed by atoms with Crippen LogP contribution in [0, 0.1) is 5.92 Å². The van der Waals surface area contributed by atoms with Crippen molar-refractivity contribution >= 4 is 11.6 Å². The number of methoxy groups -OCH3 is 1. The molecule has 0 heterocycles. The fourth-order valence-corrected chi connectivity index (χ4v) is 1.94. The van der Waals surface area contributed by atoms with E-state index in [1.807, 2.05) is 0 Å². The Morgan fingerprint density at radius 1 is 1.23 bits per heavy atom. The quantitative estimate of drug-likeness (QED) is 0.622. The van der Waals surface area contributed by atoms with E-state index in [1.54, 1.807) is 7.11 Å². The van der Waals surface area contributed by atoms with Crippen molar-refractivity contribution in [3.63, 3.8) is 0 Å². The van der Waals surface area contributed by atoms with Gasteiger partial charge in [-0.3, -0.25) is 9.59 Å². The molecule has 3 nitrogen and oxygen atoms in total. The Bertz CT molecular complexity index is 210. The lowest BCUT2D eigenvalue weighted by Gasteiger charge is -2.28. The van der Waals surface area contributed by atoms with Crippen LogP contribution in [0.15, 0.2) is 0 Å². The first kappa shape index (κ1) is 10.4. The number of Topliss-reactive ketones (excluding diaryl/α,β-unsaturated/α-hetero) is 2. The summed E-state index contributed by atoms with van der Waals surface area (Å²) in [7, 11) is 1.61. The lowest BCUT2D eigenvalue weighted by molar-refractivity contribution is -0.141. The van der Waals surface area contributed by atoms with E-state index in [0.717, 1.165) is 25.7 Å². The van der Waals surface area contributed by atoms with E-state index >= 15 is 0 Å². The maximum Gasteiger partial charge on any atom is 0.203 e. The molecule has 2 atom stereocenters. The van der Waals surface area contributed by atoms with Crippen LogP contribution < -0.4 is 0 Å². The van der Waals surface area contributed by atoms with Crippen molar-refractivity contribution < 1.29 is 14.3 Å². The topological polar surface area (TPSA) is 43.4 Å². The van der Waals surface area contributed by atoms with Gasteiger partial charge in [0.1, 0.15) is 0 Å². The van der Waals surface area contributed by atoms with E-state index in [1.165, 1.54) is 6.92 Å². The fourth-order valence-electron chi connectivity index (χ4n) is 1.94. The molecule has 0 bridgehead atoms. The predicted octanol–water partition coefficient (Wildman–Crippen LogP) is 1.35. The molecule has 0 unspecified atom stereocenters. The highest BCUT2D eigenvalue weighted by molar-refractivity contribution is 6.37. The van der Waals surface area contributed by atoms with Gasteiger partial charge in [-0.05, 0) is 12.8 Å². The van der Waals surface area contributed by atoms with Crippen LogP contribution >= 0.6 is 0 Å². The number of ether oxygens (including phenoxy) is 1. The minimum absolute atomic E-state index is 0.0369. The normalized spacial score (nSPS) is 28.5. The number of carbonyl (C=O) groups is 2. The summed E-state index contributed by atoms with van der Waals surface area (Å²) in [4.78, 5) is 22.3. The standard InChI is InChI=1S/C10H16O3/c1-7(11)10(12)8-5-3-4-6-9(8)13-2/h8-9H,3-6H2,1-2H3/t8-,9-/m0/s1. The van der Waals surface area contributed by atoms with E-state index in [-0.39, 0.29) is 23.6 Å². The molecule has 0 spiro atoms. The van der Waals surface area contributed by atoms with Crippen LogP contribution in [0.1, 0.15) is 32.6 Å². The van der Waals surface area contributed by atoms with Crippen molar-refractivity contribution in [3.05, 3.63) is 0 Å². The van der Waals surface area contributed by atoms with Crippen LogP contribution in [0.3, 0.4) is 0 Å². The van der Waals surface area contributed by atoms with Crippen LogP contribution in [0.5, 0.6) is 0 Å². The third-order valence-electron chi connectivity index (χ3n) is 2.69. The zero-order valence-corrected chi connectivity index (χ0v) is 8.21.